The lowest BCUT2D eigenvalue weighted by Crippen LogP contribution is -2.20. The second-order valence-corrected chi connectivity index (χ2v) is 7.94. The van der Waals surface area contributed by atoms with Gasteiger partial charge in [-0.1, -0.05) is 48.5 Å². The highest BCUT2D eigenvalue weighted by molar-refractivity contribution is 7.89. The molecule has 0 aromatic heterocycles. The van der Waals surface area contributed by atoms with Crippen molar-refractivity contribution < 1.29 is 8.42 Å². The van der Waals surface area contributed by atoms with Crippen LogP contribution in [-0.2, 0) is 16.4 Å². The molecule has 7 heteroatoms. The van der Waals surface area contributed by atoms with Gasteiger partial charge in [0.1, 0.15) is 0 Å². The van der Waals surface area contributed by atoms with E-state index in [1.54, 1.807) is 12.1 Å². The number of thiocarbonyl (C=S) groups is 1. The van der Waals surface area contributed by atoms with Gasteiger partial charge in [-0.05, 0) is 60.1 Å². The van der Waals surface area contributed by atoms with Gasteiger partial charge in [-0.15, -0.1) is 0 Å². The number of primary sulfonamides is 1. The Hall–Kier alpha value is -2.74. The molecular formula is C20H19N3O2S2. The minimum absolute atomic E-state index is 0.0557. The molecule has 0 aliphatic heterocycles. The van der Waals surface area contributed by atoms with Crippen molar-refractivity contribution in [2.45, 2.75) is 11.3 Å². The summed E-state index contributed by atoms with van der Waals surface area (Å²) in [5.41, 5.74) is 3.92. The quantitative estimate of drug-likeness (QED) is 0.571. The van der Waals surface area contributed by atoms with Crippen molar-refractivity contribution in [3.8, 4) is 0 Å². The molecule has 3 aromatic rings. The van der Waals surface area contributed by atoms with E-state index in [0.717, 1.165) is 17.7 Å². The van der Waals surface area contributed by atoms with Gasteiger partial charge in [0.2, 0.25) is 10.0 Å². The zero-order valence-corrected chi connectivity index (χ0v) is 16.1. The fourth-order valence-electron chi connectivity index (χ4n) is 2.62. The minimum atomic E-state index is -3.71. The number of anilines is 2. The Kier molecular flexibility index (Phi) is 5.85. The standard InChI is InChI=1S/C20H19N3O2S2/c21-27(24,25)18-12-10-17(11-13-18)22-20(26)23-19-9-5-4-8-16(19)14-15-6-2-1-3-7-15/h1-13H,14H2,(H2,21,24,25)(H2,22,23,26). The first-order chi connectivity index (χ1) is 12.9. The Bertz CT molecular complexity index is 1030. The van der Waals surface area contributed by atoms with E-state index in [-0.39, 0.29) is 4.90 Å². The third kappa shape index (κ3) is 5.37. The van der Waals surface area contributed by atoms with E-state index >= 15 is 0 Å². The summed E-state index contributed by atoms with van der Waals surface area (Å²) in [6, 6.07) is 24.3. The van der Waals surface area contributed by atoms with Crippen molar-refractivity contribution in [3.05, 3.63) is 90.0 Å². The van der Waals surface area contributed by atoms with Crippen LogP contribution in [0.3, 0.4) is 0 Å². The van der Waals surface area contributed by atoms with Crippen molar-refractivity contribution in [1.29, 1.82) is 0 Å². The number of rotatable bonds is 5. The van der Waals surface area contributed by atoms with Crippen LogP contribution in [0.15, 0.2) is 83.8 Å². The fourth-order valence-corrected chi connectivity index (χ4v) is 3.37. The molecule has 4 N–H and O–H groups in total. The predicted octanol–water partition coefficient (Wildman–Crippen LogP) is 3.73. The number of sulfonamides is 1. The lowest BCUT2D eigenvalue weighted by atomic mass is 10.0. The molecule has 0 radical (unpaired) electrons. The SMILES string of the molecule is NS(=O)(=O)c1ccc(NC(=S)Nc2ccccc2Cc2ccccc2)cc1. The van der Waals surface area contributed by atoms with Crippen molar-refractivity contribution in [2.24, 2.45) is 5.14 Å². The maximum Gasteiger partial charge on any atom is 0.238 e. The number of nitrogens with one attached hydrogen (secondary N) is 2. The summed E-state index contributed by atoms with van der Waals surface area (Å²) >= 11 is 5.38. The molecular weight excluding hydrogens is 378 g/mol. The van der Waals surface area contributed by atoms with E-state index in [4.69, 9.17) is 17.4 Å². The van der Waals surface area contributed by atoms with E-state index in [0.29, 0.717) is 10.8 Å². The van der Waals surface area contributed by atoms with Gasteiger partial charge in [0.15, 0.2) is 5.11 Å². The Morgan fingerprint density at radius 3 is 2.15 bits per heavy atom. The van der Waals surface area contributed by atoms with Gasteiger partial charge >= 0.3 is 0 Å². The van der Waals surface area contributed by atoms with Gasteiger partial charge in [0.25, 0.3) is 0 Å². The molecule has 0 saturated heterocycles. The molecule has 0 bridgehead atoms. The van der Waals surface area contributed by atoms with Gasteiger partial charge in [0.05, 0.1) is 4.90 Å². The Balaban J connectivity index is 1.69. The van der Waals surface area contributed by atoms with Crippen molar-refractivity contribution in [1.82, 2.24) is 0 Å². The molecule has 0 saturated carbocycles. The molecule has 0 aliphatic carbocycles. The summed E-state index contributed by atoms with van der Waals surface area (Å²) < 4.78 is 22.6. The molecule has 0 amide bonds. The monoisotopic (exact) mass is 397 g/mol. The Morgan fingerprint density at radius 2 is 1.48 bits per heavy atom. The van der Waals surface area contributed by atoms with E-state index in [9.17, 15) is 8.42 Å². The van der Waals surface area contributed by atoms with Crippen molar-refractivity contribution >= 4 is 38.7 Å². The normalized spacial score (nSPS) is 11.0. The summed E-state index contributed by atoms with van der Waals surface area (Å²) in [5, 5.41) is 11.8. The van der Waals surface area contributed by atoms with Gasteiger partial charge < -0.3 is 10.6 Å². The van der Waals surface area contributed by atoms with Crippen LogP contribution >= 0.6 is 12.2 Å². The highest BCUT2D eigenvalue weighted by Crippen LogP contribution is 2.20. The summed E-state index contributed by atoms with van der Waals surface area (Å²) in [6.07, 6.45) is 0.787. The molecule has 0 unspecified atom stereocenters. The molecule has 0 fully saturated rings. The number of benzene rings is 3. The molecule has 138 valence electrons. The third-order valence-electron chi connectivity index (χ3n) is 3.94. The molecule has 0 spiro atoms. The van der Waals surface area contributed by atoms with Crippen molar-refractivity contribution in [3.63, 3.8) is 0 Å². The summed E-state index contributed by atoms with van der Waals surface area (Å²) in [5.74, 6) is 0. The second kappa shape index (κ2) is 8.30. The topological polar surface area (TPSA) is 84.2 Å². The average molecular weight is 398 g/mol. The highest BCUT2D eigenvalue weighted by atomic mass is 32.2. The number of para-hydroxylation sites is 1. The zero-order valence-electron chi connectivity index (χ0n) is 14.4. The largest absolute Gasteiger partial charge is 0.332 e. The van der Waals surface area contributed by atoms with E-state index < -0.39 is 10.0 Å². The zero-order chi connectivity index (χ0) is 19.3. The van der Waals surface area contributed by atoms with Crippen LogP contribution in [0.25, 0.3) is 0 Å². The highest BCUT2D eigenvalue weighted by Gasteiger charge is 2.08. The van der Waals surface area contributed by atoms with Crippen LogP contribution in [0.5, 0.6) is 0 Å². The van der Waals surface area contributed by atoms with Crippen LogP contribution in [-0.4, -0.2) is 13.5 Å². The predicted molar refractivity (Wildman–Crippen MR) is 113 cm³/mol. The van der Waals surface area contributed by atoms with Crippen LogP contribution in [0.2, 0.25) is 0 Å². The van der Waals surface area contributed by atoms with Crippen LogP contribution in [0.1, 0.15) is 11.1 Å². The maximum atomic E-state index is 11.3. The third-order valence-corrected chi connectivity index (χ3v) is 5.08. The summed E-state index contributed by atoms with van der Waals surface area (Å²) in [4.78, 5) is 0.0557. The molecule has 3 rings (SSSR count). The first kappa shape index (κ1) is 19.0. The lowest BCUT2D eigenvalue weighted by Gasteiger charge is -2.14. The molecule has 5 nitrogen and oxygen atoms in total. The van der Waals surface area contributed by atoms with Crippen LogP contribution < -0.4 is 15.8 Å². The van der Waals surface area contributed by atoms with E-state index in [2.05, 4.69) is 28.8 Å². The lowest BCUT2D eigenvalue weighted by molar-refractivity contribution is 0.598. The van der Waals surface area contributed by atoms with Gasteiger partial charge in [-0.25, -0.2) is 13.6 Å². The van der Waals surface area contributed by atoms with Gasteiger partial charge in [-0.2, -0.15) is 0 Å². The maximum absolute atomic E-state index is 11.3. The molecule has 0 atom stereocenters. The molecule has 0 heterocycles. The molecule has 0 aliphatic rings. The summed E-state index contributed by atoms with van der Waals surface area (Å²) in [6.45, 7) is 0. The second-order valence-electron chi connectivity index (χ2n) is 5.97. The van der Waals surface area contributed by atoms with Gasteiger partial charge in [-0.3, -0.25) is 0 Å². The van der Waals surface area contributed by atoms with Crippen LogP contribution in [0, 0.1) is 0 Å². The van der Waals surface area contributed by atoms with Crippen molar-refractivity contribution in [2.75, 3.05) is 10.6 Å². The summed E-state index contributed by atoms with van der Waals surface area (Å²) in [7, 11) is -3.71. The smallest absolute Gasteiger partial charge is 0.238 e. The van der Waals surface area contributed by atoms with E-state index in [1.165, 1.54) is 17.7 Å². The van der Waals surface area contributed by atoms with E-state index in [1.807, 2.05) is 36.4 Å². The molecule has 27 heavy (non-hydrogen) atoms. The van der Waals surface area contributed by atoms with Crippen LogP contribution in [0.4, 0.5) is 11.4 Å². The average Bonchev–Trinajstić information content (AvgIpc) is 2.64. The molecule has 3 aromatic carbocycles. The first-order valence-corrected chi connectivity index (χ1v) is 10.2. The number of nitrogens with two attached hydrogens (primary N) is 1. The first-order valence-electron chi connectivity index (χ1n) is 8.24. The Morgan fingerprint density at radius 1 is 0.852 bits per heavy atom. The Labute approximate surface area is 164 Å². The number of hydrogen-bond donors (Lipinski definition) is 3. The fraction of sp³-hybridized carbons (Fsp3) is 0.0500. The minimum Gasteiger partial charge on any atom is -0.332 e. The number of hydrogen-bond acceptors (Lipinski definition) is 3. The van der Waals surface area contributed by atoms with Gasteiger partial charge in [0, 0.05) is 11.4 Å².